The lowest BCUT2D eigenvalue weighted by Gasteiger charge is -2.24. The average Bonchev–Trinajstić information content (AvgIpc) is 3.12. The van der Waals surface area contributed by atoms with Gasteiger partial charge in [-0.3, -0.25) is 0 Å². The van der Waals surface area contributed by atoms with Gasteiger partial charge in [0.15, 0.2) is 6.04 Å². The zero-order chi connectivity index (χ0) is 24.9. The van der Waals surface area contributed by atoms with Gasteiger partial charge < -0.3 is 19.5 Å². The molecule has 1 aliphatic rings. The standard InChI is InChI=1S/C25H24Cl3NO5/c1-4-24(2,3)34-14-21(22(30)33-15-25(26,27)28)29-23(31)32-13-20-18-11-7-5-9-16(18)17-10-6-8-12-19(17)20/h1,5-12,20-21H,13-15H2,2-3H3,(H,29,31)/t21-/m0/s1. The molecular formula is C25H24Cl3NO5. The van der Waals surface area contributed by atoms with Crippen LogP contribution in [0.3, 0.4) is 0 Å². The molecule has 0 aromatic heterocycles. The lowest BCUT2D eigenvalue weighted by Crippen LogP contribution is -2.47. The average molecular weight is 525 g/mol. The van der Waals surface area contributed by atoms with Crippen LogP contribution in [-0.2, 0) is 19.0 Å². The van der Waals surface area contributed by atoms with Gasteiger partial charge in [0.05, 0.1) is 6.61 Å². The molecule has 0 saturated heterocycles. The second-order valence-corrected chi connectivity index (χ2v) is 10.7. The lowest BCUT2D eigenvalue weighted by molar-refractivity contribution is -0.148. The number of carbonyl (C=O) groups excluding carboxylic acids is 2. The molecule has 180 valence electrons. The summed E-state index contributed by atoms with van der Waals surface area (Å²) >= 11 is 16.9. The molecule has 1 amide bonds. The summed E-state index contributed by atoms with van der Waals surface area (Å²) in [6.45, 7) is 2.60. The smallest absolute Gasteiger partial charge is 0.407 e. The Morgan fingerprint density at radius 2 is 1.59 bits per heavy atom. The van der Waals surface area contributed by atoms with Crippen LogP contribution < -0.4 is 5.32 Å². The van der Waals surface area contributed by atoms with Crippen molar-refractivity contribution in [3.63, 3.8) is 0 Å². The van der Waals surface area contributed by atoms with Gasteiger partial charge in [0.1, 0.15) is 18.8 Å². The highest BCUT2D eigenvalue weighted by atomic mass is 35.6. The molecule has 0 unspecified atom stereocenters. The topological polar surface area (TPSA) is 73.9 Å². The first-order chi connectivity index (χ1) is 16.0. The molecule has 1 N–H and O–H groups in total. The summed E-state index contributed by atoms with van der Waals surface area (Å²) < 4.78 is 14.3. The Hall–Kier alpha value is -2.43. The van der Waals surface area contributed by atoms with E-state index in [4.69, 9.17) is 55.4 Å². The number of carbonyl (C=O) groups is 2. The molecule has 0 radical (unpaired) electrons. The number of alkyl halides is 3. The van der Waals surface area contributed by atoms with Crippen molar-refractivity contribution in [2.24, 2.45) is 0 Å². The molecule has 0 saturated carbocycles. The van der Waals surface area contributed by atoms with Crippen LogP contribution in [0.25, 0.3) is 11.1 Å². The molecule has 9 heteroatoms. The van der Waals surface area contributed by atoms with Crippen molar-refractivity contribution in [2.45, 2.75) is 35.2 Å². The van der Waals surface area contributed by atoms with Gasteiger partial charge in [-0.05, 0) is 36.1 Å². The van der Waals surface area contributed by atoms with E-state index in [1.807, 2.05) is 48.5 Å². The predicted octanol–water partition coefficient (Wildman–Crippen LogP) is 5.24. The second-order valence-electron chi connectivity index (χ2n) is 8.21. The van der Waals surface area contributed by atoms with Gasteiger partial charge in [0.2, 0.25) is 3.79 Å². The summed E-state index contributed by atoms with van der Waals surface area (Å²) in [6.07, 6.45) is 4.61. The molecular weight excluding hydrogens is 501 g/mol. The third-order valence-corrected chi connectivity index (χ3v) is 5.58. The number of ether oxygens (including phenoxy) is 3. The summed E-state index contributed by atoms with van der Waals surface area (Å²) in [5.74, 6) is 1.46. The Balaban J connectivity index is 1.67. The van der Waals surface area contributed by atoms with E-state index in [1.54, 1.807) is 13.8 Å². The van der Waals surface area contributed by atoms with E-state index in [1.165, 1.54) is 0 Å². The molecule has 2 aromatic rings. The van der Waals surface area contributed by atoms with Crippen LogP contribution in [-0.4, -0.2) is 47.3 Å². The Morgan fingerprint density at radius 1 is 1.03 bits per heavy atom. The highest BCUT2D eigenvalue weighted by Gasteiger charge is 2.32. The first-order valence-electron chi connectivity index (χ1n) is 10.5. The summed E-state index contributed by atoms with van der Waals surface area (Å²) in [4.78, 5) is 25.1. The van der Waals surface area contributed by atoms with E-state index in [0.29, 0.717) is 0 Å². The normalized spacial score (nSPS) is 13.9. The minimum atomic E-state index is -1.80. The third kappa shape index (κ3) is 6.80. The van der Waals surface area contributed by atoms with Crippen molar-refractivity contribution in [3.8, 4) is 23.5 Å². The van der Waals surface area contributed by atoms with E-state index in [0.717, 1.165) is 22.3 Å². The molecule has 1 atom stereocenters. The summed E-state index contributed by atoms with van der Waals surface area (Å²) in [6, 6.07) is 14.7. The third-order valence-electron chi connectivity index (χ3n) is 5.26. The molecule has 3 rings (SSSR count). The molecule has 34 heavy (non-hydrogen) atoms. The number of terminal acetylenes is 1. The molecule has 0 spiro atoms. The van der Waals surface area contributed by atoms with E-state index < -0.39 is 34.1 Å². The van der Waals surface area contributed by atoms with Gasteiger partial charge in [0, 0.05) is 5.92 Å². The quantitative estimate of drug-likeness (QED) is 0.291. The van der Waals surface area contributed by atoms with E-state index in [-0.39, 0.29) is 19.1 Å². The minimum absolute atomic E-state index is 0.0759. The van der Waals surface area contributed by atoms with Gasteiger partial charge in [-0.25, -0.2) is 9.59 Å². The fraction of sp³-hybridized carbons (Fsp3) is 0.360. The fourth-order valence-corrected chi connectivity index (χ4v) is 3.70. The zero-order valence-corrected chi connectivity index (χ0v) is 20.9. The predicted molar refractivity (Wildman–Crippen MR) is 132 cm³/mol. The highest BCUT2D eigenvalue weighted by molar-refractivity contribution is 6.67. The van der Waals surface area contributed by atoms with Gasteiger partial charge in [-0.15, -0.1) is 6.42 Å². The highest BCUT2D eigenvalue weighted by Crippen LogP contribution is 2.44. The largest absolute Gasteiger partial charge is 0.460 e. The van der Waals surface area contributed by atoms with Crippen LogP contribution in [0.2, 0.25) is 0 Å². The Morgan fingerprint density at radius 3 is 2.12 bits per heavy atom. The molecule has 1 aliphatic carbocycles. The van der Waals surface area contributed by atoms with Crippen LogP contribution in [0.4, 0.5) is 4.79 Å². The van der Waals surface area contributed by atoms with Gasteiger partial charge in [-0.1, -0.05) is 89.3 Å². The first kappa shape index (κ1) is 26.2. The summed E-state index contributed by atoms with van der Waals surface area (Å²) in [5.41, 5.74) is 3.36. The number of amides is 1. The Kier molecular flexibility index (Phi) is 8.38. The maximum Gasteiger partial charge on any atom is 0.407 e. The lowest BCUT2D eigenvalue weighted by atomic mass is 9.98. The number of benzene rings is 2. The number of hydrogen-bond acceptors (Lipinski definition) is 5. The number of fused-ring (bicyclic) bond motifs is 3. The van der Waals surface area contributed by atoms with Crippen LogP contribution in [0, 0.1) is 12.3 Å². The summed E-state index contributed by atoms with van der Waals surface area (Å²) in [5, 5.41) is 2.46. The van der Waals surface area contributed by atoms with Gasteiger partial charge in [-0.2, -0.15) is 0 Å². The van der Waals surface area contributed by atoms with Crippen LogP contribution in [0.1, 0.15) is 30.9 Å². The van der Waals surface area contributed by atoms with Gasteiger partial charge in [0.25, 0.3) is 0 Å². The van der Waals surface area contributed by atoms with Gasteiger partial charge >= 0.3 is 12.1 Å². The maximum absolute atomic E-state index is 12.6. The molecule has 2 aromatic carbocycles. The Bertz CT molecular complexity index is 1040. The van der Waals surface area contributed by atoms with Crippen molar-refractivity contribution in [1.29, 1.82) is 0 Å². The number of nitrogens with one attached hydrogen (secondary N) is 1. The van der Waals surface area contributed by atoms with Crippen LogP contribution in [0.5, 0.6) is 0 Å². The molecule has 0 bridgehead atoms. The number of esters is 1. The van der Waals surface area contributed by atoms with Crippen LogP contribution in [0.15, 0.2) is 48.5 Å². The fourth-order valence-electron chi connectivity index (χ4n) is 3.54. The molecule has 0 aliphatic heterocycles. The monoisotopic (exact) mass is 523 g/mol. The van der Waals surface area contributed by atoms with Crippen LogP contribution >= 0.6 is 34.8 Å². The number of alkyl carbamates (subject to hydrolysis) is 1. The molecule has 6 nitrogen and oxygen atoms in total. The van der Waals surface area contributed by atoms with Crippen molar-refractivity contribution >= 4 is 46.9 Å². The SMILES string of the molecule is C#CC(C)(C)OC[C@H](NC(=O)OCC1c2ccccc2-c2ccccc21)C(=O)OCC(Cl)(Cl)Cl. The maximum atomic E-state index is 12.6. The number of halogens is 3. The number of rotatable bonds is 8. The minimum Gasteiger partial charge on any atom is -0.460 e. The Labute approximate surface area is 213 Å². The van der Waals surface area contributed by atoms with E-state index in [2.05, 4.69) is 11.2 Å². The zero-order valence-electron chi connectivity index (χ0n) is 18.6. The van der Waals surface area contributed by atoms with E-state index in [9.17, 15) is 9.59 Å². The van der Waals surface area contributed by atoms with Crippen molar-refractivity contribution < 1.29 is 23.8 Å². The number of hydrogen-bond donors (Lipinski definition) is 1. The van der Waals surface area contributed by atoms with Crippen molar-refractivity contribution in [2.75, 3.05) is 19.8 Å². The first-order valence-corrected chi connectivity index (χ1v) is 11.6. The second kappa shape index (κ2) is 10.9. The summed E-state index contributed by atoms with van der Waals surface area (Å²) in [7, 11) is 0. The molecule has 0 heterocycles. The van der Waals surface area contributed by atoms with Crippen molar-refractivity contribution in [3.05, 3.63) is 59.7 Å². The molecule has 0 fully saturated rings. The van der Waals surface area contributed by atoms with Crippen molar-refractivity contribution in [1.82, 2.24) is 5.32 Å². The van der Waals surface area contributed by atoms with E-state index >= 15 is 0 Å².